The van der Waals surface area contributed by atoms with Gasteiger partial charge in [0, 0.05) is 24.8 Å². The highest BCUT2D eigenvalue weighted by Gasteiger charge is 2.25. The molecule has 2 atom stereocenters. The van der Waals surface area contributed by atoms with Crippen molar-refractivity contribution < 1.29 is 0 Å². The van der Waals surface area contributed by atoms with Gasteiger partial charge in [0.2, 0.25) is 0 Å². The smallest absolute Gasteiger partial charge is 0.156 e. The molecule has 0 radical (unpaired) electrons. The molecule has 2 unspecified atom stereocenters. The molecular weight excluding hydrogens is 228 g/mol. The third-order valence-electron chi connectivity index (χ3n) is 3.51. The molecule has 0 spiro atoms. The average Bonchev–Trinajstić information content (AvgIpc) is 2.33. The standard InChI is InChI=1S/C14H18N2S/c1-10-7-15-14(17-9-10)16-8-12-6-11-4-2-3-5-13(11)12/h2-5,10,12H,6-9H2,1H3,(H,15,16). The molecule has 0 fully saturated rings. The lowest BCUT2D eigenvalue weighted by Gasteiger charge is -2.31. The van der Waals surface area contributed by atoms with Crippen molar-refractivity contribution in [2.75, 3.05) is 18.8 Å². The Morgan fingerprint density at radius 1 is 1.41 bits per heavy atom. The van der Waals surface area contributed by atoms with E-state index in [0.717, 1.165) is 24.2 Å². The Hall–Kier alpha value is -0.960. The molecule has 17 heavy (non-hydrogen) atoms. The summed E-state index contributed by atoms with van der Waals surface area (Å²) in [6, 6.07) is 8.76. The van der Waals surface area contributed by atoms with Gasteiger partial charge in [-0.25, -0.2) is 0 Å². The summed E-state index contributed by atoms with van der Waals surface area (Å²) in [5.74, 6) is 2.62. The second kappa shape index (κ2) is 4.73. The van der Waals surface area contributed by atoms with Crippen LogP contribution in [0, 0.1) is 5.92 Å². The molecule has 2 nitrogen and oxygen atoms in total. The summed E-state index contributed by atoms with van der Waals surface area (Å²) in [7, 11) is 0. The third-order valence-corrected chi connectivity index (χ3v) is 4.79. The molecule has 0 saturated carbocycles. The van der Waals surface area contributed by atoms with Crippen LogP contribution < -0.4 is 5.32 Å². The van der Waals surface area contributed by atoms with Crippen LogP contribution in [0.3, 0.4) is 0 Å². The lowest BCUT2D eigenvalue weighted by Crippen LogP contribution is -2.33. The lowest BCUT2D eigenvalue weighted by atomic mass is 9.78. The Morgan fingerprint density at radius 2 is 2.29 bits per heavy atom. The minimum atomic E-state index is 0.689. The van der Waals surface area contributed by atoms with Crippen LogP contribution in [0.25, 0.3) is 0 Å². The first-order chi connectivity index (χ1) is 8.33. The molecule has 3 heteroatoms. The van der Waals surface area contributed by atoms with E-state index in [9.17, 15) is 0 Å². The van der Waals surface area contributed by atoms with E-state index in [1.807, 2.05) is 11.8 Å². The van der Waals surface area contributed by atoms with E-state index < -0.39 is 0 Å². The van der Waals surface area contributed by atoms with Gasteiger partial charge in [-0.1, -0.05) is 43.0 Å². The Kier molecular flexibility index (Phi) is 3.10. The quantitative estimate of drug-likeness (QED) is 0.867. The summed E-state index contributed by atoms with van der Waals surface area (Å²) >= 11 is 1.87. The van der Waals surface area contributed by atoms with Crippen molar-refractivity contribution >= 4 is 16.9 Å². The molecular formula is C14H18N2S. The second-order valence-electron chi connectivity index (χ2n) is 5.04. The molecule has 1 aromatic carbocycles. The Morgan fingerprint density at radius 3 is 3.06 bits per heavy atom. The number of amidine groups is 1. The first kappa shape index (κ1) is 11.1. The topological polar surface area (TPSA) is 24.4 Å². The van der Waals surface area contributed by atoms with Gasteiger partial charge in [0.1, 0.15) is 0 Å². The number of aliphatic imine (C=N–C) groups is 1. The number of fused-ring (bicyclic) bond motifs is 1. The maximum atomic E-state index is 4.57. The summed E-state index contributed by atoms with van der Waals surface area (Å²) in [4.78, 5) is 4.57. The summed E-state index contributed by atoms with van der Waals surface area (Å²) in [6.45, 7) is 4.28. The van der Waals surface area contributed by atoms with Gasteiger partial charge in [-0.2, -0.15) is 0 Å². The van der Waals surface area contributed by atoms with Crippen molar-refractivity contribution in [1.29, 1.82) is 0 Å². The van der Waals surface area contributed by atoms with Gasteiger partial charge < -0.3 is 5.32 Å². The summed E-state index contributed by atoms with van der Waals surface area (Å²) in [6.07, 6.45) is 1.22. The van der Waals surface area contributed by atoms with E-state index in [2.05, 4.69) is 41.5 Å². The summed E-state index contributed by atoms with van der Waals surface area (Å²) < 4.78 is 0. The highest BCUT2D eigenvalue weighted by molar-refractivity contribution is 8.13. The van der Waals surface area contributed by atoms with Gasteiger partial charge in [0.25, 0.3) is 0 Å². The Bertz CT molecular complexity index is 442. The van der Waals surface area contributed by atoms with Crippen molar-refractivity contribution in [2.24, 2.45) is 10.9 Å². The zero-order valence-corrected chi connectivity index (χ0v) is 11.0. The molecule has 1 aliphatic heterocycles. The molecule has 1 aliphatic carbocycles. The summed E-state index contributed by atoms with van der Waals surface area (Å²) in [5, 5.41) is 4.64. The van der Waals surface area contributed by atoms with Crippen LogP contribution in [0.5, 0.6) is 0 Å². The zero-order valence-electron chi connectivity index (χ0n) is 10.1. The molecule has 0 bridgehead atoms. The number of nitrogens with zero attached hydrogens (tertiary/aromatic N) is 1. The number of benzene rings is 1. The normalized spacial score (nSPS) is 26.8. The van der Waals surface area contributed by atoms with Gasteiger partial charge in [0.15, 0.2) is 5.17 Å². The average molecular weight is 246 g/mol. The fraction of sp³-hybridized carbons (Fsp3) is 0.500. The predicted octanol–water partition coefficient (Wildman–Crippen LogP) is 2.65. The van der Waals surface area contributed by atoms with Crippen molar-refractivity contribution in [3.8, 4) is 0 Å². The van der Waals surface area contributed by atoms with E-state index in [1.165, 1.54) is 23.3 Å². The third kappa shape index (κ3) is 2.34. The van der Waals surface area contributed by atoms with Gasteiger partial charge in [-0.15, -0.1) is 0 Å². The second-order valence-corrected chi connectivity index (χ2v) is 6.05. The molecule has 3 rings (SSSR count). The maximum Gasteiger partial charge on any atom is 0.156 e. The summed E-state index contributed by atoms with van der Waals surface area (Å²) in [5.41, 5.74) is 3.04. The molecule has 1 aromatic rings. The van der Waals surface area contributed by atoms with Crippen molar-refractivity contribution in [3.63, 3.8) is 0 Å². The van der Waals surface area contributed by atoms with E-state index in [4.69, 9.17) is 0 Å². The minimum absolute atomic E-state index is 0.689. The van der Waals surface area contributed by atoms with E-state index in [-0.39, 0.29) is 0 Å². The predicted molar refractivity (Wildman–Crippen MR) is 74.8 cm³/mol. The zero-order chi connectivity index (χ0) is 11.7. The van der Waals surface area contributed by atoms with Gasteiger partial charge >= 0.3 is 0 Å². The van der Waals surface area contributed by atoms with Crippen LogP contribution in [-0.2, 0) is 6.42 Å². The van der Waals surface area contributed by atoms with Gasteiger partial charge in [0.05, 0.1) is 0 Å². The van der Waals surface area contributed by atoms with Crippen molar-refractivity contribution in [2.45, 2.75) is 19.3 Å². The first-order valence-corrected chi connectivity index (χ1v) is 7.30. The van der Waals surface area contributed by atoms with Crippen LogP contribution in [0.2, 0.25) is 0 Å². The lowest BCUT2D eigenvalue weighted by molar-refractivity contribution is 0.589. The monoisotopic (exact) mass is 246 g/mol. The molecule has 1 heterocycles. The minimum Gasteiger partial charge on any atom is -0.364 e. The highest BCUT2D eigenvalue weighted by Crippen LogP contribution is 2.34. The first-order valence-electron chi connectivity index (χ1n) is 6.32. The number of rotatable bonds is 2. The Balaban J connectivity index is 1.54. The molecule has 1 N–H and O–H groups in total. The van der Waals surface area contributed by atoms with Crippen LogP contribution in [0.4, 0.5) is 0 Å². The SMILES string of the molecule is CC1CN=C(NCC2Cc3ccccc32)SC1. The molecule has 0 saturated heterocycles. The number of thioether (sulfide) groups is 1. The fourth-order valence-corrected chi connectivity index (χ4v) is 3.32. The van der Waals surface area contributed by atoms with Crippen LogP contribution in [0.15, 0.2) is 29.3 Å². The number of hydrogen-bond acceptors (Lipinski definition) is 3. The van der Waals surface area contributed by atoms with Gasteiger partial charge in [-0.05, 0) is 23.5 Å². The van der Waals surface area contributed by atoms with E-state index in [1.54, 1.807) is 0 Å². The van der Waals surface area contributed by atoms with Crippen LogP contribution >= 0.6 is 11.8 Å². The van der Waals surface area contributed by atoms with Crippen molar-refractivity contribution in [1.82, 2.24) is 5.32 Å². The largest absolute Gasteiger partial charge is 0.364 e. The van der Waals surface area contributed by atoms with Crippen LogP contribution in [0.1, 0.15) is 24.0 Å². The maximum absolute atomic E-state index is 4.57. The van der Waals surface area contributed by atoms with E-state index >= 15 is 0 Å². The van der Waals surface area contributed by atoms with Crippen LogP contribution in [-0.4, -0.2) is 24.0 Å². The molecule has 0 aromatic heterocycles. The molecule has 0 amide bonds. The fourth-order valence-electron chi connectivity index (χ4n) is 2.42. The van der Waals surface area contributed by atoms with Crippen molar-refractivity contribution in [3.05, 3.63) is 35.4 Å². The van der Waals surface area contributed by atoms with E-state index in [0.29, 0.717) is 5.92 Å². The van der Waals surface area contributed by atoms with Gasteiger partial charge in [-0.3, -0.25) is 4.99 Å². The number of nitrogens with one attached hydrogen (secondary N) is 1. The molecule has 90 valence electrons. The Labute approximate surface area is 107 Å². The number of hydrogen-bond donors (Lipinski definition) is 1. The molecule has 2 aliphatic rings. The highest BCUT2D eigenvalue weighted by atomic mass is 32.2.